The van der Waals surface area contributed by atoms with Gasteiger partial charge in [0.2, 0.25) is 5.91 Å². The standard InChI is InChI=1S/C14H21N3O/c1-2-12(15)11-5-3-4-6-13(11)17-9-7-14(18)16-8-10-17/h3-6,12H,2,7-10,15H2,1H3,(H,16,18)/t12-/m1/s1. The lowest BCUT2D eigenvalue weighted by atomic mass is 10.0. The Labute approximate surface area is 108 Å². The monoisotopic (exact) mass is 247 g/mol. The van der Waals surface area contributed by atoms with Crippen molar-refractivity contribution in [1.82, 2.24) is 5.32 Å². The average molecular weight is 247 g/mol. The number of benzene rings is 1. The summed E-state index contributed by atoms with van der Waals surface area (Å²) in [4.78, 5) is 13.6. The SMILES string of the molecule is CC[C@@H](N)c1ccccc1N1CCNC(=O)CC1. The van der Waals surface area contributed by atoms with Crippen LogP contribution in [0.4, 0.5) is 5.69 Å². The molecule has 3 N–H and O–H groups in total. The average Bonchev–Trinajstić information content (AvgIpc) is 2.62. The lowest BCUT2D eigenvalue weighted by molar-refractivity contribution is -0.120. The molecule has 18 heavy (non-hydrogen) atoms. The van der Waals surface area contributed by atoms with E-state index in [0.29, 0.717) is 13.0 Å². The summed E-state index contributed by atoms with van der Waals surface area (Å²) in [6.07, 6.45) is 1.47. The summed E-state index contributed by atoms with van der Waals surface area (Å²) in [6.45, 7) is 4.40. The number of carbonyl (C=O) groups excluding carboxylic acids is 1. The van der Waals surface area contributed by atoms with Gasteiger partial charge in [-0.2, -0.15) is 0 Å². The maximum absolute atomic E-state index is 11.4. The smallest absolute Gasteiger partial charge is 0.221 e. The van der Waals surface area contributed by atoms with Gasteiger partial charge in [-0.1, -0.05) is 25.1 Å². The van der Waals surface area contributed by atoms with Crippen LogP contribution in [0.15, 0.2) is 24.3 Å². The topological polar surface area (TPSA) is 58.4 Å². The van der Waals surface area contributed by atoms with Gasteiger partial charge in [-0.25, -0.2) is 0 Å². The van der Waals surface area contributed by atoms with Gasteiger partial charge in [0.1, 0.15) is 0 Å². The zero-order chi connectivity index (χ0) is 13.0. The van der Waals surface area contributed by atoms with E-state index >= 15 is 0 Å². The fourth-order valence-electron chi connectivity index (χ4n) is 2.32. The van der Waals surface area contributed by atoms with Crippen molar-refractivity contribution in [2.24, 2.45) is 5.73 Å². The number of anilines is 1. The quantitative estimate of drug-likeness (QED) is 0.849. The van der Waals surface area contributed by atoms with Crippen molar-refractivity contribution in [3.8, 4) is 0 Å². The highest BCUT2D eigenvalue weighted by atomic mass is 16.1. The van der Waals surface area contributed by atoms with Crippen molar-refractivity contribution < 1.29 is 4.79 Å². The zero-order valence-corrected chi connectivity index (χ0v) is 10.9. The Morgan fingerprint density at radius 2 is 2.17 bits per heavy atom. The van der Waals surface area contributed by atoms with Crippen molar-refractivity contribution in [3.05, 3.63) is 29.8 Å². The van der Waals surface area contributed by atoms with Crippen LogP contribution in [0, 0.1) is 0 Å². The number of nitrogens with one attached hydrogen (secondary N) is 1. The van der Waals surface area contributed by atoms with Crippen LogP contribution in [0.25, 0.3) is 0 Å². The summed E-state index contributed by atoms with van der Waals surface area (Å²) in [5.74, 6) is 0.134. The van der Waals surface area contributed by atoms with E-state index in [0.717, 1.165) is 19.5 Å². The minimum Gasteiger partial charge on any atom is -0.369 e. The molecular formula is C14H21N3O. The van der Waals surface area contributed by atoms with Crippen LogP contribution in [0.2, 0.25) is 0 Å². The fraction of sp³-hybridized carbons (Fsp3) is 0.500. The lowest BCUT2D eigenvalue weighted by Crippen LogP contribution is -2.29. The Kier molecular flexibility index (Phi) is 4.20. The van der Waals surface area contributed by atoms with Gasteiger partial charge in [0.05, 0.1) is 0 Å². The van der Waals surface area contributed by atoms with Crippen LogP contribution in [-0.2, 0) is 4.79 Å². The van der Waals surface area contributed by atoms with E-state index in [4.69, 9.17) is 5.73 Å². The van der Waals surface area contributed by atoms with Crippen LogP contribution >= 0.6 is 0 Å². The van der Waals surface area contributed by atoms with E-state index in [9.17, 15) is 4.79 Å². The van der Waals surface area contributed by atoms with Gasteiger partial charge in [-0.05, 0) is 18.1 Å². The maximum atomic E-state index is 11.4. The molecule has 0 saturated carbocycles. The second kappa shape index (κ2) is 5.87. The van der Waals surface area contributed by atoms with Crippen molar-refractivity contribution in [1.29, 1.82) is 0 Å². The molecule has 4 heteroatoms. The van der Waals surface area contributed by atoms with E-state index < -0.39 is 0 Å². The van der Waals surface area contributed by atoms with E-state index in [1.54, 1.807) is 0 Å². The van der Waals surface area contributed by atoms with Crippen LogP contribution in [0.5, 0.6) is 0 Å². The molecule has 1 aromatic rings. The molecule has 0 bridgehead atoms. The first-order valence-corrected chi connectivity index (χ1v) is 6.58. The first-order valence-electron chi connectivity index (χ1n) is 6.58. The van der Waals surface area contributed by atoms with Gasteiger partial charge >= 0.3 is 0 Å². The molecule has 1 aliphatic rings. The number of hydrogen-bond donors (Lipinski definition) is 2. The van der Waals surface area contributed by atoms with Crippen molar-refractivity contribution in [2.75, 3.05) is 24.5 Å². The van der Waals surface area contributed by atoms with Crippen LogP contribution in [0.3, 0.4) is 0 Å². The molecular weight excluding hydrogens is 226 g/mol. The number of para-hydroxylation sites is 1. The van der Waals surface area contributed by atoms with Crippen molar-refractivity contribution in [2.45, 2.75) is 25.8 Å². The fourth-order valence-corrected chi connectivity index (χ4v) is 2.32. The van der Waals surface area contributed by atoms with Gasteiger partial charge in [-0.3, -0.25) is 4.79 Å². The summed E-state index contributed by atoms with van der Waals surface area (Å²) >= 11 is 0. The van der Waals surface area contributed by atoms with Crippen LogP contribution < -0.4 is 16.0 Å². The number of rotatable bonds is 3. The highest BCUT2D eigenvalue weighted by Gasteiger charge is 2.18. The molecule has 1 aromatic carbocycles. The second-order valence-electron chi connectivity index (χ2n) is 4.66. The third-order valence-electron chi connectivity index (χ3n) is 3.43. The van der Waals surface area contributed by atoms with Crippen molar-refractivity contribution >= 4 is 11.6 Å². The Morgan fingerprint density at radius 3 is 2.94 bits per heavy atom. The Bertz CT molecular complexity index is 419. The lowest BCUT2D eigenvalue weighted by Gasteiger charge is -2.26. The minimum absolute atomic E-state index is 0.0631. The molecule has 0 radical (unpaired) electrons. The molecule has 2 rings (SSSR count). The molecule has 0 spiro atoms. The van der Waals surface area contributed by atoms with Gasteiger partial charge in [-0.15, -0.1) is 0 Å². The summed E-state index contributed by atoms with van der Waals surface area (Å²) in [7, 11) is 0. The second-order valence-corrected chi connectivity index (χ2v) is 4.66. The number of hydrogen-bond acceptors (Lipinski definition) is 3. The predicted octanol–water partition coefficient (Wildman–Crippen LogP) is 1.42. The summed E-state index contributed by atoms with van der Waals surface area (Å²) < 4.78 is 0. The Balaban J connectivity index is 2.23. The van der Waals surface area contributed by atoms with Gasteiger partial charge < -0.3 is 16.0 Å². The Morgan fingerprint density at radius 1 is 1.39 bits per heavy atom. The van der Waals surface area contributed by atoms with Crippen molar-refractivity contribution in [3.63, 3.8) is 0 Å². The molecule has 1 aliphatic heterocycles. The van der Waals surface area contributed by atoms with Gasteiger partial charge in [0.15, 0.2) is 0 Å². The number of carbonyl (C=O) groups is 1. The molecule has 4 nitrogen and oxygen atoms in total. The molecule has 0 aliphatic carbocycles. The predicted molar refractivity (Wildman–Crippen MR) is 73.5 cm³/mol. The molecule has 1 saturated heterocycles. The summed E-state index contributed by atoms with van der Waals surface area (Å²) in [5, 5.41) is 2.90. The van der Waals surface area contributed by atoms with Gasteiger partial charge in [0.25, 0.3) is 0 Å². The summed E-state index contributed by atoms with van der Waals surface area (Å²) in [6, 6.07) is 8.30. The minimum atomic E-state index is 0.0631. The molecule has 0 unspecified atom stereocenters. The van der Waals surface area contributed by atoms with E-state index in [-0.39, 0.29) is 11.9 Å². The van der Waals surface area contributed by atoms with Gasteiger partial charge in [0, 0.05) is 37.8 Å². The molecule has 1 heterocycles. The number of nitrogens with two attached hydrogens (primary N) is 1. The highest BCUT2D eigenvalue weighted by molar-refractivity contribution is 5.77. The van der Waals surface area contributed by atoms with Crippen LogP contribution in [-0.4, -0.2) is 25.5 Å². The highest BCUT2D eigenvalue weighted by Crippen LogP contribution is 2.27. The molecule has 98 valence electrons. The van der Waals surface area contributed by atoms with E-state index in [1.165, 1.54) is 11.3 Å². The molecule has 1 atom stereocenters. The first-order chi connectivity index (χ1) is 8.72. The third-order valence-corrected chi connectivity index (χ3v) is 3.43. The Hall–Kier alpha value is -1.55. The third kappa shape index (κ3) is 2.82. The molecule has 1 amide bonds. The first kappa shape index (κ1) is 12.9. The normalized spacial score (nSPS) is 18.1. The van der Waals surface area contributed by atoms with E-state index in [2.05, 4.69) is 29.3 Å². The molecule has 0 aromatic heterocycles. The number of amides is 1. The zero-order valence-electron chi connectivity index (χ0n) is 10.9. The number of nitrogens with zero attached hydrogens (tertiary/aromatic N) is 1. The maximum Gasteiger partial charge on any atom is 0.221 e. The summed E-state index contributed by atoms with van der Waals surface area (Å²) in [5.41, 5.74) is 8.50. The van der Waals surface area contributed by atoms with E-state index in [1.807, 2.05) is 12.1 Å². The largest absolute Gasteiger partial charge is 0.369 e. The molecule has 1 fully saturated rings. The van der Waals surface area contributed by atoms with Crippen LogP contribution in [0.1, 0.15) is 31.4 Å².